The smallest absolute Gasteiger partial charge is 0.265 e. The van der Waals surface area contributed by atoms with Crippen molar-refractivity contribution in [2.75, 3.05) is 45.1 Å². The number of rotatable bonds is 7. The van der Waals surface area contributed by atoms with Gasteiger partial charge >= 0.3 is 0 Å². The number of hydrogen-bond acceptors (Lipinski definition) is 7. The number of anilines is 2. The van der Waals surface area contributed by atoms with Crippen molar-refractivity contribution in [2.45, 2.75) is 12.5 Å². The third-order valence-electron chi connectivity index (χ3n) is 2.41. The Morgan fingerprint density at radius 1 is 1.63 bits per heavy atom. The maximum atomic E-state index is 12.1. The number of aromatic nitrogens is 1. The van der Waals surface area contributed by atoms with Crippen LogP contribution >= 0.6 is 11.3 Å². The molecule has 0 bridgehead atoms. The van der Waals surface area contributed by atoms with Crippen LogP contribution in [0.1, 0.15) is 16.1 Å². The molecule has 8 heteroatoms. The summed E-state index contributed by atoms with van der Waals surface area (Å²) >= 11 is 1.23. The normalized spacial score (nSPS) is 12.2. The predicted octanol–water partition coefficient (Wildman–Crippen LogP) is -0.0815. The highest BCUT2D eigenvalue weighted by Gasteiger charge is 2.20. The molecule has 0 fully saturated rings. The van der Waals surface area contributed by atoms with Gasteiger partial charge in [0.2, 0.25) is 0 Å². The van der Waals surface area contributed by atoms with Crippen LogP contribution in [0, 0.1) is 0 Å². The van der Waals surface area contributed by atoms with Crippen molar-refractivity contribution in [1.82, 2.24) is 10.3 Å². The molecule has 0 radical (unpaired) electrons. The van der Waals surface area contributed by atoms with Crippen LogP contribution < -0.4 is 16.0 Å². The van der Waals surface area contributed by atoms with Crippen molar-refractivity contribution in [2.24, 2.45) is 0 Å². The third-order valence-corrected chi connectivity index (χ3v) is 3.65. The number of amides is 1. The highest BCUT2D eigenvalue weighted by molar-refractivity contribution is 7.18. The summed E-state index contributed by atoms with van der Waals surface area (Å²) < 4.78 is 4.99. The Bertz CT molecular complexity index is 416. The second-order valence-electron chi connectivity index (χ2n) is 4.24. The second kappa shape index (κ2) is 7.27. The molecule has 1 atom stereocenters. The van der Waals surface area contributed by atoms with Gasteiger partial charge in [-0.3, -0.25) is 4.79 Å². The lowest BCUT2D eigenvalue weighted by Crippen LogP contribution is -2.38. The first-order valence-electron chi connectivity index (χ1n) is 5.83. The molecule has 1 aromatic rings. The van der Waals surface area contributed by atoms with Crippen LogP contribution in [0.5, 0.6) is 0 Å². The van der Waals surface area contributed by atoms with Crippen molar-refractivity contribution < 1.29 is 14.6 Å². The Morgan fingerprint density at radius 3 is 2.79 bits per heavy atom. The minimum absolute atomic E-state index is 0.0184. The molecule has 1 unspecified atom stereocenters. The number of carbonyl (C=O) groups is 1. The van der Waals surface area contributed by atoms with Gasteiger partial charge in [0.1, 0.15) is 10.7 Å². The number of nitrogens with zero attached hydrogens (tertiary/aromatic N) is 2. The summed E-state index contributed by atoms with van der Waals surface area (Å²) in [6, 6.07) is -0.244. The van der Waals surface area contributed by atoms with E-state index in [-0.39, 0.29) is 24.4 Å². The molecular weight excluding hydrogens is 268 g/mol. The van der Waals surface area contributed by atoms with E-state index in [1.807, 2.05) is 14.1 Å². The largest absolute Gasteiger partial charge is 0.396 e. The molecule has 108 valence electrons. The number of carbonyl (C=O) groups excluding carboxylic acids is 1. The number of methoxy groups -OCH3 is 1. The quantitative estimate of drug-likeness (QED) is 0.649. The SMILES string of the molecule is COCC(CCO)NC(=O)c1sc(N(C)C)nc1N. The summed E-state index contributed by atoms with van der Waals surface area (Å²) in [5.41, 5.74) is 5.73. The number of nitrogen functional groups attached to an aromatic ring is 1. The van der Waals surface area contributed by atoms with Crippen LogP contribution in [0.15, 0.2) is 0 Å². The predicted molar refractivity (Wildman–Crippen MR) is 75.7 cm³/mol. The maximum absolute atomic E-state index is 12.1. The highest BCUT2D eigenvalue weighted by Crippen LogP contribution is 2.26. The van der Waals surface area contributed by atoms with E-state index in [4.69, 9.17) is 15.6 Å². The number of thiazole rings is 1. The standard InChI is InChI=1S/C11H20N4O3S/c1-15(2)11-14-9(12)8(19-11)10(17)13-7(4-5-16)6-18-3/h7,16H,4-6,12H2,1-3H3,(H,13,17). The van der Waals surface area contributed by atoms with E-state index in [2.05, 4.69) is 10.3 Å². The number of ether oxygens (including phenoxy) is 1. The van der Waals surface area contributed by atoms with E-state index in [1.165, 1.54) is 11.3 Å². The first-order valence-corrected chi connectivity index (χ1v) is 6.65. The van der Waals surface area contributed by atoms with E-state index >= 15 is 0 Å². The summed E-state index contributed by atoms with van der Waals surface area (Å²) in [6.07, 6.45) is 0.429. The number of aliphatic hydroxyl groups excluding tert-OH is 1. The maximum Gasteiger partial charge on any atom is 0.265 e. The van der Waals surface area contributed by atoms with Gasteiger partial charge in [0.15, 0.2) is 5.13 Å². The van der Waals surface area contributed by atoms with Crippen LogP contribution in [-0.4, -0.2) is 56.5 Å². The number of nitrogens with two attached hydrogens (primary N) is 1. The van der Waals surface area contributed by atoms with Crippen LogP contribution in [-0.2, 0) is 4.74 Å². The first-order chi connectivity index (χ1) is 8.99. The summed E-state index contributed by atoms with van der Waals surface area (Å²) in [4.78, 5) is 18.4. The summed E-state index contributed by atoms with van der Waals surface area (Å²) in [6.45, 7) is 0.320. The van der Waals surface area contributed by atoms with Crippen LogP contribution in [0.4, 0.5) is 10.9 Å². The molecular formula is C11H20N4O3S. The van der Waals surface area contributed by atoms with Gasteiger partial charge in [-0.25, -0.2) is 4.98 Å². The lowest BCUT2D eigenvalue weighted by Gasteiger charge is -2.16. The van der Waals surface area contributed by atoms with Crippen LogP contribution in [0.2, 0.25) is 0 Å². The molecule has 1 aromatic heterocycles. The van der Waals surface area contributed by atoms with E-state index in [0.717, 1.165) is 0 Å². The molecule has 0 aliphatic heterocycles. The number of aliphatic hydroxyl groups is 1. The van der Waals surface area contributed by atoms with Crippen molar-refractivity contribution in [1.29, 1.82) is 0 Å². The second-order valence-corrected chi connectivity index (χ2v) is 5.22. The zero-order chi connectivity index (χ0) is 14.4. The summed E-state index contributed by atoms with van der Waals surface area (Å²) in [7, 11) is 5.21. The van der Waals surface area contributed by atoms with Crippen molar-refractivity contribution in [3.8, 4) is 0 Å². The molecule has 4 N–H and O–H groups in total. The molecule has 0 aliphatic carbocycles. The molecule has 7 nitrogen and oxygen atoms in total. The van der Waals surface area contributed by atoms with E-state index in [1.54, 1.807) is 12.0 Å². The first kappa shape index (κ1) is 15.7. The molecule has 1 heterocycles. The Labute approximate surface area is 116 Å². The molecule has 0 saturated carbocycles. The Hall–Kier alpha value is -1.38. The van der Waals surface area contributed by atoms with Gasteiger partial charge < -0.3 is 25.8 Å². The lowest BCUT2D eigenvalue weighted by molar-refractivity contribution is 0.0883. The molecule has 1 rings (SSSR count). The molecule has 0 saturated heterocycles. The van der Waals surface area contributed by atoms with Crippen molar-refractivity contribution in [3.05, 3.63) is 4.88 Å². The van der Waals surface area contributed by atoms with Gasteiger partial charge in [-0.2, -0.15) is 0 Å². The van der Waals surface area contributed by atoms with E-state index in [9.17, 15) is 4.79 Å². The minimum Gasteiger partial charge on any atom is -0.396 e. The zero-order valence-electron chi connectivity index (χ0n) is 11.3. The number of nitrogens with one attached hydrogen (secondary N) is 1. The zero-order valence-corrected chi connectivity index (χ0v) is 12.2. The van der Waals surface area contributed by atoms with Crippen LogP contribution in [0.3, 0.4) is 0 Å². The minimum atomic E-state index is -0.293. The molecule has 0 aliphatic rings. The van der Waals surface area contributed by atoms with Crippen LogP contribution in [0.25, 0.3) is 0 Å². The highest BCUT2D eigenvalue weighted by atomic mass is 32.1. The van der Waals surface area contributed by atoms with Crippen molar-refractivity contribution in [3.63, 3.8) is 0 Å². The molecule has 0 spiro atoms. The fourth-order valence-electron chi connectivity index (χ4n) is 1.48. The van der Waals surface area contributed by atoms with Crippen molar-refractivity contribution >= 4 is 28.2 Å². The lowest BCUT2D eigenvalue weighted by atomic mass is 10.2. The molecule has 0 aromatic carbocycles. The van der Waals surface area contributed by atoms with Gasteiger partial charge in [-0.1, -0.05) is 11.3 Å². The number of hydrogen-bond donors (Lipinski definition) is 3. The monoisotopic (exact) mass is 288 g/mol. The van der Waals surface area contributed by atoms with Gasteiger partial charge in [0.05, 0.1) is 12.6 Å². The Kier molecular flexibility index (Phi) is 6.00. The Balaban J connectivity index is 2.76. The fourth-order valence-corrected chi connectivity index (χ4v) is 2.29. The van der Waals surface area contributed by atoms with E-state index in [0.29, 0.717) is 23.0 Å². The summed E-state index contributed by atoms with van der Waals surface area (Å²) in [5, 5.41) is 12.4. The molecule has 19 heavy (non-hydrogen) atoms. The average molecular weight is 288 g/mol. The molecule has 1 amide bonds. The van der Waals surface area contributed by atoms with Gasteiger partial charge in [0, 0.05) is 27.8 Å². The Morgan fingerprint density at radius 2 is 2.32 bits per heavy atom. The summed E-state index contributed by atoms with van der Waals surface area (Å²) in [5.74, 6) is -0.0787. The van der Waals surface area contributed by atoms with Gasteiger partial charge in [0.25, 0.3) is 5.91 Å². The van der Waals surface area contributed by atoms with Gasteiger partial charge in [-0.15, -0.1) is 0 Å². The topological polar surface area (TPSA) is 101 Å². The third kappa shape index (κ3) is 4.34. The van der Waals surface area contributed by atoms with Gasteiger partial charge in [-0.05, 0) is 6.42 Å². The van der Waals surface area contributed by atoms with E-state index < -0.39 is 0 Å². The fraction of sp³-hybridized carbons (Fsp3) is 0.636. The average Bonchev–Trinajstić information content (AvgIpc) is 2.72.